The third-order valence-corrected chi connectivity index (χ3v) is 5.83. The molecule has 3 N–H and O–H groups in total. The lowest BCUT2D eigenvalue weighted by molar-refractivity contribution is 0.591. The van der Waals surface area contributed by atoms with Crippen molar-refractivity contribution in [1.82, 2.24) is 9.97 Å². The number of sulfone groups is 1. The van der Waals surface area contributed by atoms with Crippen molar-refractivity contribution in [2.75, 3.05) is 23.3 Å². The summed E-state index contributed by atoms with van der Waals surface area (Å²) in [6.07, 6.45) is 2.78. The van der Waals surface area contributed by atoms with Gasteiger partial charge in [0, 0.05) is 6.54 Å². The minimum atomic E-state index is -2.93. The van der Waals surface area contributed by atoms with Crippen molar-refractivity contribution >= 4 is 37.4 Å². The van der Waals surface area contributed by atoms with E-state index in [1.54, 1.807) is 0 Å². The van der Waals surface area contributed by atoms with Gasteiger partial charge in [0.1, 0.15) is 22.4 Å². The van der Waals surface area contributed by atoms with Crippen LogP contribution in [0.4, 0.5) is 11.6 Å². The van der Waals surface area contributed by atoms with E-state index in [1.165, 1.54) is 6.33 Å². The Balaban J connectivity index is 2.06. The maximum atomic E-state index is 11.6. The molecule has 1 aromatic heterocycles. The maximum Gasteiger partial charge on any atom is 0.154 e. The highest BCUT2D eigenvalue weighted by Gasteiger charge is 2.31. The molecular weight excluding hydrogens is 308 g/mol. The van der Waals surface area contributed by atoms with Gasteiger partial charge in [0.15, 0.2) is 9.84 Å². The zero-order valence-electron chi connectivity index (χ0n) is 9.06. The second-order valence-electron chi connectivity index (χ2n) is 3.93. The minimum absolute atomic E-state index is 0.284. The van der Waals surface area contributed by atoms with E-state index in [0.29, 0.717) is 29.1 Å². The number of hydrogen-bond donors (Lipinski definition) is 2. The first-order valence-corrected chi connectivity index (χ1v) is 7.73. The molecule has 17 heavy (non-hydrogen) atoms. The third-order valence-electron chi connectivity index (χ3n) is 2.78. The van der Waals surface area contributed by atoms with Crippen LogP contribution < -0.4 is 11.1 Å². The van der Waals surface area contributed by atoms with Crippen molar-refractivity contribution in [1.29, 1.82) is 0 Å². The molecule has 8 heteroatoms. The monoisotopic (exact) mass is 320 g/mol. The summed E-state index contributed by atoms with van der Waals surface area (Å²) in [5.41, 5.74) is 5.60. The summed E-state index contributed by atoms with van der Waals surface area (Å²) in [4.78, 5) is 7.81. The van der Waals surface area contributed by atoms with Gasteiger partial charge >= 0.3 is 0 Å². The average molecular weight is 321 g/mol. The molecule has 1 unspecified atom stereocenters. The van der Waals surface area contributed by atoms with Crippen LogP contribution >= 0.6 is 15.9 Å². The highest BCUT2D eigenvalue weighted by Crippen LogP contribution is 2.25. The van der Waals surface area contributed by atoms with Gasteiger partial charge in [0.05, 0.1) is 11.0 Å². The number of nitrogens with one attached hydrogen (secondary N) is 1. The van der Waals surface area contributed by atoms with Crippen LogP contribution in [0.25, 0.3) is 0 Å². The lowest BCUT2D eigenvalue weighted by atomic mass is 10.2. The zero-order valence-corrected chi connectivity index (χ0v) is 11.5. The van der Waals surface area contributed by atoms with E-state index in [9.17, 15) is 8.42 Å². The first-order valence-electron chi connectivity index (χ1n) is 5.22. The minimum Gasteiger partial charge on any atom is -0.383 e. The number of halogens is 1. The van der Waals surface area contributed by atoms with E-state index >= 15 is 0 Å². The second kappa shape index (κ2) is 4.77. The molecule has 1 aliphatic heterocycles. The summed E-state index contributed by atoms with van der Waals surface area (Å²) in [5.74, 6) is 1.14. The topological polar surface area (TPSA) is 98.0 Å². The molecule has 2 heterocycles. The van der Waals surface area contributed by atoms with Crippen molar-refractivity contribution in [3.8, 4) is 0 Å². The fourth-order valence-electron chi connectivity index (χ4n) is 1.80. The average Bonchev–Trinajstić information content (AvgIpc) is 2.60. The van der Waals surface area contributed by atoms with Crippen LogP contribution in [0.3, 0.4) is 0 Å². The highest BCUT2D eigenvalue weighted by molar-refractivity contribution is 9.10. The SMILES string of the molecule is Nc1ncnc(NCC2CCCS2(=O)=O)c1Br. The Morgan fingerprint density at radius 1 is 1.53 bits per heavy atom. The van der Waals surface area contributed by atoms with Crippen LogP contribution in [-0.2, 0) is 9.84 Å². The molecule has 1 atom stereocenters. The van der Waals surface area contributed by atoms with Crippen LogP contribution in [0.5, 0.6) is 0 Å². The fraction of sp³-hybridized carbons (Fsp3) is 0.556. The molecule has 0 radical (unpaired) electrons. The Morgan fingerprint density at radius 3 is 2.94 bits per heavy atom. The third kappa shape index (κ3) is 2.68. The quantitative estimate of drug-likeness (QED) is 0.855. The van der Waals surface area contributed by atoms with E-state index in [1.807, 2.05) is 0 Å². The molecule has 1 aromatic rings. The van der Waals surface area contributed by atoms with Gasteiger partial charge in [0.25, 0.3) is 0 Å². The van der Waals surface area contributed by atoms with E-state index in [2.05, 4.69) is 31.2 Å². The molecule has 94 valence electrons. The second-order valence-corrected chi connectivity index (χ2v) is 7.13. The number of rotatable bonds is 3. The Morgan fingerprint density at radius 2 is 2.29 bits per heavy atom. The van der Waals surface area contributed by atoms with Crippen LogP contribution in [0.1, 0.15) is 12.8 Å². The predicted molar refractivity (Wildman–Crippen MR) is 69.4 cm³/mol. The van der Waals surface area contributed by atoms with E-state index in [4.69, 9.17) is 5.73 Å². The largest absolute Gasteiger partial charge is 0.383 e. The van der Waals surface area contributed by atoms with Crippen LogP contribution in [0.2, 0.25) is 0 Å². The normalized spacial score (nSPS) is 22.5. The van der Waals surface area contributed by atoms with Crippen LogP contribution in [0, 0.1) is 0 Å². The summed E-state index contributed by atoms with van der Waals surface area (Å²) in [6.45, 7) is 0.359. The van der Waals surface area contributed by atoms with Gasteiger partial charge in [-0.15, -0.1) is 0 Å². The Bertz CT molecular complexity index is 520. The first kappa shape index (κ1) is 12.6. The number of hydrogen-bond acceptors (Lipinski definition) is 6. The van der Waals surface area contributed by atoms with Crippen molar-refractivity contribution in [2.24, 2.45) is 0 Å². The Hall–Kier alpha value is -0.890. The van der Waals surface area contributed by atoms with Gasteiger partial charge in [-0.3, -0.25) is 0 Å². The van der Waals surface area contributed by atoms with E-state index in [0.717, 1.165) is 6.42 Å². The Kier molecular flexibility index (Phi) is 3.53. The molecule has 6 nitrogen and oxygen atoms in total. The summed E-state index contributed by atoms with van der Waals surface area (Å²) in [7, 11) is -2.93. The number of nitrogen functional groups attached to an aromatic ring is 1. The molecule has 0 amide bonds. The van der Waals surface area contributed by atoms with Crippen LogP contribution in [-0.4, -0.2) is 35.9 Å². The molecule has 0 bridgehead atoms. The highest BCUT2D eigenvalue weighted by atomic mass is 79.9. The lowest BCUT2D eigenvalue weighted by Crippen LogP contribution is -2.25. The Labute approximate surface area is 108 Å². The lowest BCUT2D eigenvalue weighted by Gasteiger charge is -2.12. The van der Waals surface area contributed by atoms with Crippen molar-refractivity contribution in [3.05, 3.63) is 10.8 Å². The molecule has 1 saturated heterocycles. The summed E-state index contributed by atoms with van der Waals surface area (Å²) in [5, 5.41) is 2.67. The molecule has 1 fully saturated rings. The molecule has 0 saturated carbocycles. The van der Waals surface area contributed by atoms with Crippen LogP contribution in [0.15, 0.2) is 10.8 Å². The number of nitrogens with two attached hydrogens (primary N) is 1. The zero-order chi connectivity index (χ0) is 12.5. The smallest absolute Gasteiger partial charge is 0.154 e. The number of aromatic nitrogens is 2. The number of nitrogens with zero attached hydrogens (tertiary/aromatic N) is 2. The van der Waals surface area contributed by atoms with Gasteiger partial charge in [-0.25, -0.2) is 18.4 Å². The van der Waals surface area contributed by atoms with E-state index < -0.39 is 9.84 Å². The molecule has 2 rings (SSSR count). The first-order chi connectivity index (χ1) is 8.00. The van der Waals surface area contributed by atoms with Crippen molar-refractivity contribution in [3.63, 3.8) is 0 Å². The standard InChI is InChI=1S/C9H13BrN4O2S/c10-7-8(11)13-5-14-9(7)12-4-6-2-1-3-17(6,15)16/h5-6H,1-4H2,(H3,11,12,13,14). The van der Waals surface area contributed by atoms with Gasteiger partial charge in [-0.2, -0.15) is 0 Å². The summed E-state index contributed by atoms with van der Waals surface area (Å²) in [6, 6.07) is 0. The summed E-state index contributed by atoms with van der Waals surface area (Å²) >= 11 is 3.26. The van der Waals surface area contributed by atoms with Crippen molar-refractivity contribution in [2.45, 2.75) is 18.1 Å². The van der Waals surface area contributed by atoms with Gasteiger partial charge in [0.2, 0.25) is 0 Å². The molecule has 0 spiro atoms. The molecule has 1 aliphatic rings. The van der Waals surface area contributed by atoms with Gasteiger partial charge < -0.3 is 11.1 Å². The molecule has 0 aliphatic carbocycles. The van der Waals surface area contributed by atoms with Gasteiger partial charge in [-0.05, 0) is 28.8 Å². The molecular formula is C9H13BrN4O2S. The van der Waals surface area contributed by atoms with Crippen molar-refractivity contribution < 1.29 is 8.42 Å². The van der Waals surface area contributed by atoms with E-state index in [-0.39, 0.29) is 11.0 Å². The predicted octanol–water partition coefficient (Wildman–Crippen LogP) is 0.810. The maximum absolute atomic E-state index is 11.6. The fourth-order valence-corrected chi connectivity index (χ4v) is 3.92. The van der Waals surface area contributed by atoms with Gasteiger partial charge in [-0.1, -0.05) is 0 Å². The summed E-state index contributed by atoms with van der Waals surface area (Å²) < 4.78 is 23.8. The molecule has 0 aromatic carbocycles. The number of anilines is 2.